The number of benzene rings is 1. The molecule has 0 saturated carbocycles. The molecule has 5 nitrogen and oxygen atoms in total. The predicted octanol–water partition coefficient (Wildman–Crippen LogP) is 2.33. The summed E-state index contributed by atoms with van der Waals surface area (Å²) in [5.41, 5.74) is 0.0772. The highest BCUT2D eigenvalue weighted by atomic mass is 16.5. The smallest absolute Gasteiger partial charge is 0.311 e. The summed E-state index contributed by atoms with van der Waals surface area (Å²) in [7, 11) is 1.52. The van der Waals surface area contributed by atoms with Gasteiger partial charge in [0.15, 0.2) is 11.5 Å². The number of likely N-dealkylation sites (tertiary alicyclic amines) is 1. The molecule has 1 aromatic carbocycles. The van der Waals surface area contributed by atoms with Crippen LogP contribution in [0.2, 0.25) is 0 Å². The Bertz CT molecular complexity index is 529. The number of rotatable bonds is 5. The highest BCUT2D eigenvalue weighted by Crippen LogP contribution is 2.39. The fourth-order valence-electron chi connectivity index (χ4n) is 3.04. The van der Waals surface area contributed by atoms with E-state index < -0.39 is 11.4 Å². The molecule has 116 valence electrons. The van der Waals surface area contributed by atoms with Crippen molar-refractivity contribution in [1.29, 1.82) is 0 Å². The number of phenols is 1. The summed E-state index contributed by atoms with van der Waals surface area (Å²) in [5, 5.41) is 19.7. The Kier molecular flexibility index (Phi) is 4.42. The second kappa shape index (κ2) is 5.93. The molecule has 0 aromatic heterocycles. The van der Waals surface area contributed by atoms with Gasteiger partial charge in [-0.1, -0.05) is 26.0 Å². The molecule has 0 amide bonds. The maximum absolute atomic E-state index is 11.6. The van der Waals surface area contributed by atoms with Crippen LogP contribution in [0.15, 0.2) is 18.2 Å². The molecule has 2 N–H and O–H groups in total. The second-order valence-corrected chi connectivity index (χ2v) is 6.04. The molecular weight excluding hydrogens is 270 g/mol. The van der Waals surface area contributed by atoms with E-state index >= 15 is 0 Å². The number of ether oxygens (including phenoxy) is 1. The van der Waals surface area contributed by atoms with Crippen LogP contribution in [-0.4, -0.2) is 41.3 Å². The predicted molar refractivity (Wildman–Crippen MR) is 79.5 cm³/mol. The van der Waals surface area contributed by atoms with Gasteiger partial charge in [-0.2, -0.15) is 0 Å². The van der Waals surface area contributed by atoms with Gasteiger partial charge in [0.1, 0.15) is 0 Å². The average Bonchev–Trinajstić information content (AvgIpc) is 2.86. The first-order valence-electron chi connectivity index (χ1n) is 7.21. The summed E-state index contributed by atoms with van der Waals surface area (Å²) in [6.07, 6.45) is 0.644. The Morgan fingerprint density at radius 1 is 1.48 bits per heavy atom. The Hall–Kier alpha value is -1.75. The zero-order valence-electron chi connectivity index (χ0n) is 12.8. The largest absolute Gasteiger partial charge is 0.504 e. The van der Waals surface area contributed by atoms with Crippen LogP contribution < -0.4 is 4.74 Å². The van der Waals surface area contributed by atoms with Gasteiger partial charge in [0.25, 0.3) is 0 Å². The van der Waals surface area contributed by atoms with Crippen molar-refractivity contribution in [3.05, 3.63) is 23.8 Å². The first-order valence-corrected chi connectivity index (χ1v) is 7.21. The molecule has 1 aliphatic heterocycles. The van der Waals surface area contributed by atoms with Crippen LogP contribution in [0, 0.1) is 11.3 Å². The minimum absolute atomic E-state index is 0.0823. The van der Waals surface area contributed by atoms with Crippen LogP contribution in [-0.2, 0) is 11.3 Å². The molecular formula is C16H23NO4. The number of phenolic OH excluding ortho intramolecular Hbond substituents is 1. The standard InChI is InChI=1S/C16H23NO4/c1-11(2)16(15(19)20)7-8-17(10-16)9-12-5-4-6-13(21-3)14(12)18/h4-6,11,18H,7-10H2,1-3H3,(H,19,20). The van der Waals surface area contributed by atoms with E-state index in [1.807, 2.05) is 26.0 Å². The van der Waals surface area contributed by atoms with E-state index in [0.717, 1.165) is 12.1 Å². The Labute approximate surface area is 125 Å². The number of carboxylic acid groups (broad SMARTS) is 1. The molecule has 0 aliphatic carbocycles. The molecule has 0 radical (unpaired) electrons. The molecule has 1 aliphatic rings. The van der Waals surface area contributed by atoms with Gasteiger partial charge in [0.05, 0.1) is 12.5 Å². The van der Waals surface area contributed by atoms with Gasteiger partial charge in [-0.15, -0.1) is 0 Å². The summed E-state index contributed by atoms with van der Waals surface area (Å²) >= 11 is 0. The van der Waals surface area contributed by atoms with Gasteiger partial charge in [-0.3, -0.25) is 9.69 Å². The molecule has 2 rings (SSSR count). The number of hydrogen-bond acceptors (Lipinski definition) is 4. The van der Waals surface area contributed by atoms with Crippen LogP contribution in [0.25, 0.3) is 0 Å². The van der Waals surface area contributed by atoms with Crippen molar-refractivity contribution < 1.29 is 19.7 Å². The highest BCUT2D eigenvalue weighted by molar-refractivity contribution is 5.75. The van der Waals surface area contributed by atoms with Gasteiger partial charge in [0, 0.05) is 18.7 Å². The van der Waals surface area contributed by atoms with Gasteiger partial charge in [-0.05, 0) is 24.9 Å². The van der Waals surface area contributed by atoms with Crippen molar-refractivity contribution in [3.63, 3.8) is 0 Å². The molecule has 1 unspecified atom stereocenters. The maximum atomic E-state index is 11.6. The molecule has 0 bridgehead atoms. The molecule has 1 heterocycles. The Balaban J connectivity index is 2.15. The number of carboxylic acids is 1. The fraction of sp³-hybridized carbons (Fsp3) is 0.562. The van der Waals surface area contributed by atoms with E-state index in [9.17, 15) is 15.0 Å². The van der Waals surface area contributed by atoms with Crippen LogP contribution in [0.1, 0.15) is 25.8 Å². The molecule has 1 saturated heterocycles. The Morgan fingerprint density at radius 3 is 2.71 bits per heavy atom. The van der Waals surface area contributed by atoms with E-state index in [2.05, 4.69) is 4.90 Å². The molecule has 1 aromatic rings. The van der Waals surface area contributed by atoms with E-state index in [1.165, 1.54) is 7.11 Å². The van der Waals surface area contributed by atoms with Crippen LogP contribution in [0.3, 0.4) is 0 Å². The summed E-state index contributed by atoms with van der Waals surface area (Å²) < 4.78 is 5.10. The minimum Gasteiger partial charge on any atom is -0.504 e. The van der Waals surface area contributed by atoms with Gasteiger partial charge >= 0.3 is 5.97 Å². The molecule has 21 heavy (non-hydrogen) atoms. The lowest BCUT2D eigenvalue weighted by atomic mass is 9.76. The number of nitrogens with zero attached hydrogens (tertiary/aromatic N) is 1. The van der Waals surface area contributed by atoms with Gasteiger partial charge < -0.3 is 14.9 Å². The third kappa shape index (κ3) is 2.83. The lowest BCUT2D eigenvalue weighted by Crippen LogP contribution is -2.39. The first-order chi connectivity index (χ1) is 9.90. The number of para-hydroxylation sites is 1. The summed E-state index contributed by atoms with van der Waals surface area (Å²) in [5.74, 6) is -0.0637. The number of aromatic hydroxyl groups is 1. The average molecular weight is 293 g/mol. The van der Waals surface area contributed by atoms with Crippen LogP contribution in [0.4, 0.5) is 0 Å². The van der Waals surface area contributed by atoms with E-state index in [0.29, 0.717) is 25.3 Å². The Morgan fingerprint density at radius 2 is 2.19 bits per heavy atom. The molecule has 0 spiro atoms. The van der Waals surface area contributed by atoms with Gasteiger partial charge in [-0.25, -0.2) is 0 Å². The van der Waals surface area contributed by atoms with Crippen LogP contribution >= 0.6 is 0 Å². The quantitative estimate of drug-likeness (QED) is 0.872. The van der Waals surface area contributed by atoms with Crippen molar-refractivity contribution in [3.8, 4) is 11.5 Å². The lowest BCUT2D eigenvalue weighted by Gasteiger charge is -2.29. The third-order valence-corrected chi connectivity index (χ3v) is 4.61. The number of hydrogen-bond donors (Lipinski definition) is 2. The van der Waals surface area contributed by atoms with E-state index in [4.69, 9.17) is 4.74 Å². The minimum atomic E-state index is -0.727. The monoisotopic (exact) mass is 293 g/mol. The lowest BCUT2D eigenvalue weighted by molar-refractivity contribution is -0.151. The van der Waals surface area contributed by atoms with Crippen molar-refractivity contribution in [2.75, 3.05) is 20.2 Å². The summed E-state index contributed by atoms with van der Waals surface area (Å²) in [4.78, 5) is 13.7. The third-order valence-electron chi connectivity index (χ3n) is 4.61. The molecule has 5 heteroatoms. The number of aliphatic carboxylic acids is 1. The maximum Gasteiger partial charge on any atom is 0.311 e. The zero-order chi connectivity index (χ0) is 15.6. The molecule has 1 fully saturated rings. The second-order valence-electron chi connectivity index (χ2n) is 6.04. The fourth-order valence-corrected chi connectivity index (χ4v) is 3.04. The van der Waals surface area contributed by atoms with Crippen LogP contribution in [0.5, 0.6) is 11.5 Å². The zero-order valence-corrected chi connectivity index (χ0v) is 12.8. The van der Waals surface area contributed by atoms with Gasteiger partial charge in [0.2, 0.25) is 0 Å². The number of carbonyl (C=O) groups is 1. The highest BCUT2D eigenvalue weighted by Gasteiger charge is 2.47. The first kappa shape index (κ1) is 15.6. The topological polar surface area (TPSA) is 70.0 Å². The van der Waals surface area contributed by atoms with E-state index in [-0.39, 0.29) is 11.7 Å². The van der Waals surface area contributed by atoms with Crippen molar-refractivity contribution in [1.82, 2.24) is 4.90 Å². The van der Waals surface area contributed by atoms with Crippen molar-refractivity contribution in [2.45, 2.75) is 26.8 Å². The summed E-state index contributed by atoms with van der Waals surface area (Å²) in [6, 6.07) is 5.38. The van der Waals surface area contributed by atoms with Crippen molar-refractivity contribution >= 4 is 5.97 Å². The normalized spacial score (nSPS) is 22.7. The summed E-state index contributed by atoms with van der Waals surface area (Å²) in [6.45, 7) is 5.68. The SMILES string of the molecule is COc1cccc(CN2CCC(C(=O)O)(C(C)C)C2)c1O. The van der Waals surface area contributed by atoms with Crippen molar-refractivity contribution in [2.24, 2.45) is 11.3 Å². The van der Waals surface area contributed by atoms with E-state index in [1.54, 1.807) is 6.07 Å². The number of methoxy groups -OCH3 is 1. The molecule has 1 atom stereocenters.